The van der Waals surface area contributed by atoms with Crippen LogP contribution < -0.4 is 10.5 Å². The third-order valence-corrected chi connectivity index (χ3v) is 3.52. The fraction of sp³-hybridized carbons (Fsp3) is 0.714. The van der Waals surface area contributed by atoms with Crippen molar-refractivity contribution in [3.63, 3.8) is 0 Å². The van der Waals surface area contributed by atoms with Crippen LogP contribution in [0.5, 0.6) is 5.88 Å². The fourth-order valence-corrected chi connectivity index (χ4v) is 1.79. The lowest BCUT2D eigenvalue weighted by molar-refractivity contribution is 0.00578. The maximum Gasteiger partial charge on any atom is 0.534 e. The van der Waals surface area contributed by atoms with E-state index < -0.39 is 18.3 Å². The molecule has 0 saturated carbocycles. The Balaban J connectivity index is 2.21. The number of rotatable bonds is 2. The standard InChI is InChI=1S/C14H23BN2O3/c1-12(2,3)18-10-8-9-16-11(17-10)15-19-13(4,5)14(6,7)20-15/h8-9H,1-7H3. The molecular weight excluding hydrogens is 255 g/mol. The van der Waals surface area contributed by atoms with Crippen molar-refractivity contribution in [2.24, 2.45) is 0 Å². The van der Waals surface area contributed by atoms with Crippen molar-refractivity contribution in [2.75, 3.05) is 0 Å². The molecule has 0 spiro atoms. The molecule has 1 saturated heterocycles. The van der Waals surface area contributed by atoms with Crippen molar-refractivity contribution in [3.05, 3.63) is 12.3 Å². The van der Waals surface area contributed by atoms with Gasteiger partial charge in [0, 0.05) is 12.3 Å². The average Bonchev–Trinajstić information content (AvgIpc) is 2.46. The first-order valence-corrected chi connectivity index (χ1v) is 6.88. The van der Waals surface area contributed by atoms with Crippen molar-refractivity contribution in [1.29, 1.82) is 0 Å². The maximum atomic E-state index is 5.93. The summed E-state index contributed by atoms with van der Waals surface area (Å²) in [6.45, 7) is 13.9. The molecule has 0 aromatic carbocycles. The van der Waals surface area contributed by atoms with Gasteiger partial charge < -0.3 is 14.0 Å². The van der Waals surface area contributed by atoms with E-state index in [1.165, 1.54) is 0 Å². The van der Waals surface area contributed by atoms with E-state index >= 15 is 0 Å². The molecule has 6 heteroatoms. The number of hydrogen-bond acceptors (Lipinski definition) is 5. The molecule has 20 heavy (non-hydrogen) atoms. The Kier molecular flexibility index (Phi) is 3.59. The molecule has 1 aliphatic rings. The highest BCUT2D eigenvalue weighted by molar-refractivity contribution is 6.60. The summed E-state index contributed by atoms with van der Waals surface area (Å²) < 4.78 is 17.6. The van der Waals surface area contributed by atoms with Gasteiger partial charge in [0.2, 0.25) is 5.88 Å². The lowest BCUT2D eigenvalue weighted by Gasteiger charge is -2.32. The Morgan fingerprint density at radius 1 is 1.10 bits per heavy atom. The zero-order valence-electron chi connectivity index (χ0n) is 13.4. The Labute approximate surface area is 121 Å². The normalized spacial score (nSPS) is 21.1. The zero-order valence-corrected chi connectivity index (χ0v) is 13.4. The van der Waals surface area contributed by atoms with Crippen molar-refractivity contribution >= 4 is 12.8 Å². The predicted molar refractivity (Wildman–Crippen MR) is 78.1 cm³/mol. The minimum Gasteiger partial charge on any atom is -0.472 e. The van der Waals surface area contributed by atoms with E-state index in [0.29, 0.717) is 11.6 Å². The molecule has 1 aliphatic heterocycles. The molecule has 5 nitrogen and oxygen atoms in total. The molecule has 110 valence electrons. The molecule has 2 heterocycles. The molecule has 2 rings (SSSR count). The van der Waals surface area contributed by atoms with Crippen LogP contribution in [0.25, 0.3) is 0 Å². The topological polar surface area (TPSA) is 53.5 Å². The first-order chi connectivity index (χ1) is 9.00. The van der Waals surface area contributed by atoms with Gasteiger partial charge in [-0.05, 0) is 48.5 Å². The number of aromatic nitrogens is 2. The highest BCUT2D eigenvalue weighted by atomic mass is 16.7. The third kappa shape index (κ3) is 3.12. The summed E-state index contributed by atoms with van der Waals surface area (Å²) in [5, 5.41) is 0. The van der Waals surface area contributed by atoms with E-state index in [-0.39, 0.29) is 5.60 Å². The van der Waals surface area contributed by atoms with Crippen LogP contribution in [-0.4, -0.2) is 33.9 Å². The van der Waals surface area contributed by atoms with Gasteiger partial charge in [-0.25, -0.2) is 9.97 Å². The van der Waals surface area contributed by atoms with Gasteiger partial charge in [-0.3, -0.25) is 0 Å². The highest BCUT2D eigenvalue weighted by Gasteiger charge is 2.53. The number of ether oxygens (including phenoxy) is 1. The van der Waals surface area contributed by atoms with Crippen LogP contribution in [-0.2, 0) is 9.31 Å². The summed E-state index contributed by atoms with van der Waals surface area (Å²) in [4.78, 5) is 8.63. The van der Waals surface area contributed by atoms with E-state index in [4.69, 9.17) is 14.0 Å². The SMILES string of the molecule is CC(C)(C)Oc1ccnc(B2OC(C)(C)C(C)(C)O2)n1. The quantitative estimate of drug-likeness (QED) is 0.774. The number of hydrogen-bond donors (Lipinski definition) is 0. The molecule has 0 atom stereocenters. The summed E-state index contributed by atoms with van der Waals surface area (Å²) in [5.74, 6) is 0.525. The van der Waals surface area contributed by atoms with Crippen molar-refractivity contribution < 1.29 is 14.0 Å². The van der Waals surface area contributed by atoms with Gasteiger partial charge in [-0.2, -0.15) is 0 Å². The smallest absolute Gasteiger partial charge is 0.472 e. The largest absolute Gasteiger partial charge is 0.534 e. The summed E-state index contributed by atoms with van der Waals surface area (Å²) in [7, 11) is -0.566. The first-order valence-electron chi connectivity index (χ1n) is 6.88. The average molecular weight is 278 g/mol. The Hall–Kier alpha value is -1.14. The van der Waals surface area contributed by atoms with Gasteiger partial charge in [-0.15, -0.1) is 0 Å². The Bertz CT molecular complexity index is 481. The van der Waals surface area contributed by atoms with Crippen LogP contribution in [0.3, 0.4) is 0 Å². The molecule has 0 N–H and O–H groups in total. The molecule has 0 bridgehead atoms. The second kappa shape index (κ2) is 4.70. The third-order valence-electron chi connectivity index (χ3n) is 3.52. The predicted octanol–water partition coefficient (Wildman–Crippen LogP) is 1.95. The van der Waals surface area contributed by atoms with E-state index in [1.54, 1.807) is 12.3 Å². The van der Waals surface area contributed by atoms with Gasteiger partial charge in [0.15, 0.2) is 5.72 Å². The number of nitrogens with zero attached hydrogens (tertiary/aromatic N) is 2. The van der Waals surface area contributed by atoms with Gasteiger partial charge in [0.1, 0.15) is 5.60 Å². The second-order valence-corrected chi connectivity index (χ2v) is 7.06. The zero-order chi connectivity index (χ0) is 15.2. The van der Waals surface area contributed by atoms with Gasteiger partial charge in [0.05, 0.1) is 11.2 Å². The Morgan fingerprint density at radius 3 is 2.15 bits per heavy atom. The molecular formula is C14H23BN2O3. The van der Waals surface area contributed by atoms with Crippen LogP contribution in [0.15, 0.2) is 12.3 Å². The molecule has 0 unspecified atom stereocenters. The first kappa shape index (κ1) is 15.3. The molecule has 0 aliphatic carbocycles. The molecule has 1 aromatic rings. The van der Waals surface area contributed by atoms with E-state index in [0.717, 1.165) is 0 Å². The van der Waals surface area contributed by atoms with Crippen molar-refractivity contribution in [2.45, 2.75) is 65.3 Å². The summed E-state index contributed by atoms with van der Waals surface area (Å²) in [6.07, 6.45) is 1.66. The summed E-state index contributed by atoms with van der Waals surface area (Å²) in [5.41, 5.74) is -0.615. The monoisotopic (exact) mass is 278 g/mol. The van der Waals surface area contributed by atoms with E-state index in [1.807, 2.05) is 48.5 Å². The lowest BCUT2D eigenvalue weighted by atomic mass is 9.89. The van der Waals surface area contributed by atoms with Gasteiger partial charge in [0.25, 0.3) is 0 Å². The lowest BCUT2D eigenvalue weighted by Crippen LogP contribution is -2.41. The van der Waals surface area contributed by atoms with Crippen LogP contribution in [0, 0.1) is 0 Å². The van der Waals surface area contributed by atoms with E-state index in [9.17, 15) is 0 Å². The van der Waals surface area contributed by atoms with E-state index in [2.05, 4.69) is 9.97 Å². The highest BCUT2D eigenvalue weighted by Crippen LogP contribution is 2.36. The summed E-state index contributed by atoms with van der Waals surface area (Å²) in [6, 6.07) is 1.74. The second-order valence-electron chi connectivity index (χ2n) is 7.06. The van der Waals surface area contributed by atoms with Crippen LogP contribution in [0.1, 0.15) is 48.5 Å². The van der Waals surface area contributed by atoms with Crippen molar-refractivity contribution in [3.8, 4) is 5.88 Å². The maximum absolute atomic E-state index is 5.93. The fourth-order valence-electron chi connectivity index (χ4n) is 1.79. The molecule has 1 fully saturated rings. The Morgan fingerprint density at radius 2 is 1.65 bits per heavy atom. The minimum atomic E-state index is -0.566. The summed E-state index contributed by atoms with van der Waals surface area (Å²) >= 11 is 0. The van der Waals surface area contributed by atoms with Crippen LogP contribution in [0.2, 0.25) is 0 Å². The minimum absolute atomic E-state index is 0.304. The molecule has 0 amide bonds. The van der Waals surface area contributed by atoms with Gasteiger partial charge >= 0.3 is 7.12 Å². The molecule has 0 radical (unpaired) electrons. The van der Waals surface area contributed by atoms with Crippen LogP contribution >= 0.6 is 0 Å². The van der Waals surface area contributed by atoms with Crippen molar-refractivity contribution in [1.82, 2.24) is 9.97 Å². The molecule has 1 aromatic heterocycles. The van der Waals surface area contributed by atoms with Crippen LogP contribution in [0.4, 0.5) is 0 Å². The van der Waals surface area contributed by atoms with Gasteiger partial charge in [-0.1, -0.05) is 0 Å².